The molecule has 146 valence electrons. The largest absolute Gasteiger partial charge is 0.495 e. The van der Waals surface area contributed by atoms with E-state index in [9.17, 15) is 17.6 Å². The van der Waals surface area contributed by atoms with Crippen LogP contribution < -0.4 is 15.1 Å². The summed E-state index contributed by atoms with van der Waals surface area (Å²) in [6.07, 6.45) is 0.652. The van der Waals surface area contributed by atoms with Crippen molar-refractivity contribution in [2.45, 2.75) is 30.8 Å². The van der Waals surface area contributed by atoms with Gasteiger partial charge in [0.25, 0.3) is 0 Å². The van der Waals surface area contributed by atoms with E-state index in [2.05, 4.69) is 0 Å². The number of ether oxygens (including phenoxy) is 2. The van der Waals surface area contributed by atoms with Gasteiger partial charge in [-0.1, -0.05) is 0 Å². The average molecular weight is 397 g/mol. The van der Waals surface area contributed by atoms with E-state index < -0.39 is 21.5 Å². The van der Waals surface area contributed by atoms with Gasteiger partial charge in [-0.2, -0.15) is 4.31 Å². The standard InChI is InChI=1S/C18H20FNO6S/c1-12-9-15(11-18(21)25-12)26-14-5-7-20(8-6-14)27(22,23)17-10-13(19)3-4-16(17)24-2/h3-4,9-11,14H,5-8H2,1-2H3. The average Bonchev–Trinajstić information content (AvgIpc) is 2.61. The van der Waals surface area contributed by atoms with Crippen molar-refractivity contribution < 1.29 is 26.7 Å². The summed E-state index contributed by atoms with van der Waals surface area (Å²) in [6, 6.07) is 6.27. The first-order valence-electron chi connectivity index (χ1n) is 8.42. The maximum Gasteiger partial charge on any atom is 0.339 e. The predicted molar refractivity (Wildman–Crippen MR) is 95.1 cm³/mol. The Bertz CT molecular complexity index is 980. The predicted octanol–water partition coefficient (Wildman–Crippen LogP) is 2.33. The second kappa shape index (κ2) is 7.69. The van der Waals surface area contributed by atoms with Gasteiger partial charge in [-0.15, -0.1) is 0 Å². The molecule has 9 heteroatoms. The first kappa shape index (κ1) is 19.4. The van der Waals surface area contributed by atoms with Crippen molar-refractivity contribution in [2.24, 2.45) is 0 Å². The topological polar surface area (TPSA) is 86.1 Å². The van der Waals surface area contributed by atoms with Gasteiger partial charge in [0.15, 0.2) is 0 Å². The molecule has 1 aromatic carbocycles. The van der Waals surface area contributed by atoms with Crippen LogP contribution >= 0.6 is 0 Å². The van der Waals surface area contributed by atoms with Crippen molar-refractivity contribution in [3.05, 3.63) is 52.3 Å². The number of nitrogens with zero attached hydrogens (tertiary/aromatic N) is 1. The summed E-state index contributed by atoms with van der Waals surface area (Å²) >= 11 is 0. The maximum atomic E-state index is 13.6. The number of aryl methyl sites for hydroxylation is 1. The van der Waals surface area contributed by atoms with Crippen LogP contribution in [-0.2, 0) is 10.0 Å². The molecule has 3 rings (SSSR count). The Kier molecular flexibility index (Phi) is 5.52. The Morgan fingerprint density at radius 1 is 1.19 bits per heavy atom. The molecule has 1 aromatic heterocycles. The summed E-state index contributed by atoms with van der Waals surface area (Å²) in [5.41, 5.74) is -0.497. The van der Waals surface area contributed by atoms with Crippen LogP contribution in [0.2, 0.25) is 0 Å². The van der Waals surface area contributed by atoms with Crippen LogP contribution in [0.3, 0.4) is 0 Å². The number of piperidine rings is 1. The number of methoxy groups -OCH3 is 1. The number of sulfonamides is 1. The van der Waals surface area contributed by atoms with Gasteiger partial charge < -0.3 is 13.9 Å². The Balaban J connectivity index is 1.71. The first-order chi connectivity index (χ1) is 12.8. The van der Waals surface area contributed by atoms with Gasteiger partial charge in [0, 0.05) is 19.2 Å². The van der Waals surface area contributed by atoms with Crippen LogP contribution in [0.1, 0.15) is 18.6 Å². The molecular weight excluding hydrogens is 377 g/mol. The Hall–Kier alpha value is -2.39. The summed E-state index contributed by atoms with van der Waals surface area (Å²) in [4.78, 5) is 11.2. The van der Waals surface area contributed by atoms with E-state index in [1.165, 1.54) is 23.5 Å². The minimum Gasteiger partial charge on any atom is -0.495 e. The van der Waals surface area contributed by atoms with Crippen LogP contribution in [-0.4, -0.2) is 39.0 Å². The third kappa shape index (κ3) is 4.30. The molecule has 7 nitrogen and oxygen atoms in total. The van der Waals surface area contributed by atoms with E-state index in [0.717, 1.165) is 12.1 Å². The molecule has 0 radical (unpaired) electrons. The molecule has 1 aliphatic heterocycles. The zero-order valence-corrected chi connectivity index (χ0v) is 15.8. The third-order valence-electron chi connectivity index (χ3n) is 4.31. The number of rotatable bonds is 5. The molecule has 0 aliphatic carbocycles. The Morgan fingerprint density at radius 2 is 1.89 bits per heavy atom. The van der Waals surface area contributed by atoms with E-state index >= 15 is 0 Å². The lowest BCUT2D eigenvalue weighted by Crippen LogP contribution is -2.41. The van der Waals surface area contributed by atoms with Crippen LogP contribution in [0.15, 0.2) is 44.4 Å². The fourth-order valence-electron chi connectivity index (χ4n) is 3.02. The minimum absolute atomic E-state index is 0.0984. The van der Waals surface area contributed by atoms with Crippen molar-refractivity contribution in [1.29, 1.82) is 0 Å². The molecule has 0 bridgehead atoms. The molecule has 0 amide bonds. The molecule has 0 saturated carbocycles. The summed E-state index contributed by atoms with van der Waals surface area (Å²) in [6.45, 7) is 2.08. The van der Waals surface area contributed by atoms with E-state index in [-0.39, 0.29) is 29.8 Å². The number of halogens is 1. The molecule has 1 aliphatic rings. The van der Waals surface area contributed by atoms with Gasteiger partial charge in [0.1, 0.15) is 34.1 Å². The van der Waals surface area contributed by atoms with Crippen molar-refractivity contribution >= 4 is 10.0 Å². The van der Waals surface area contributed by atoms with Crippen LogP contribution in [0.4, 0.5) is 4.39 Å². The van der Waals surface area contributed by atoms with Gasteiger partial charge in [0.05, 0.1) is 13.2 Å². The monoisotopic (exact) mass is 397 g/mol. The second-order valence-electron chi connectivity index (χ2n) is 6.24. The molecule has 1 fully saturated rings. The van der Waals surface area contributed by atoms with Crippen LogP contribution in [0.25, 0.3) is 0 Å². The van der Waals surface area contributed by atoms with Gasteiger partial charge >= 0.3 is 5.63 Å². The molecular formula is C18H20FNO6S. The van der Waals surface area contributed by atoms with E-state index in [1.807, 2.05) is 0 Å². The smallest absolute Gasteiger partial charge is 0.339 e. The second-order valence-corrected chi connectivity index (χ2v) is 8.15. The lowest BCUT2D eigenvalue weighted by molar-refractivity contribution is 0.134. The lowest BCUT2D eigenvalue weighted by atomic mass is 10.1. The fourth-order valence-corrected chi connectivity index (χ4v) is 4.65. The zero-order chi connectivity index (χ0) is 19.6. The highest BCUT2D eigenvalue weighted by Gasteiger charge is 2.32. The number of hydrogen-bond donors (Lipinski definition) is 0. The van der Waals surface area contributed by atoms with E-state index in [1.54, 1.807) is 13.0 Å². The Morgan fingerprint density at radius 3 is 2.52 bits per heavy atom. The van der Waals surface area contributed by atoms with Gasteiger partial charge in [-0.3, -0.25) is 0 Å². The molecule has 0 spiro atoms. The van der Waals surface area contributed by atoms with Crippen molar-refractivity contribution in [3.8, 4) is 11.5 Å². The summed E-state index contributed by atoms with van der Waals surface area (Å²) in [7, 11) is -2.55. The summed E-state index contributed by atoms with van der Waals surface area (Å²) < 4.78 is 56.3. The highest BCUT2D eigenvalue weighted by molar-refractivity contribution is 7.89. The number of benzene rings is 1. The summed E-state index contributed by atoms with van der Waals surface area (Å²) in [5, 5.41) is 0. The van der Waals surface area contributed by atoms with Crippen LogP contribution in [0, 0.1) is 12.7 Å². The number of hydrogen-bond acceptors (Lipinski definition) is 6. The van der Waals surface area contributed by atoms with Crippen molar-refractivity contribution in [2.75, 3.05) is 20.2 Å². The minimum atomic E-state index is -3.89. The molecule has 0 unspecified atom stereocenters. The zero-order valence-electron chi connectivity index (χ0n) is 15.0. The van der Waals surface area contributed by atoms with E-state index in [4.69, 9.17) is 13.9 Å². The van der Waals surface area contributed by atoms with Crippen molar-refractivity contribution in [3.63, 3.8) is 0 Å². The maximum absolute atomic E-state index is 13.6. The SMILES string of the molecule is COc1ccc(F)cc1S(=O)(=O)N1CCC(Oc2cc(C)oc(=O)c2)CC1. The molecule has 1 saturated heterocycles. The fraction of sp³-hybridized carbons (Fsp3) is 0.389. The highest BCUT2D eigenvalue weighted by atomic mass is 32.2. The molecule has 0 atom stereocenters. The van der Waals surface area contributed by atoms with Crippen molar-refractivity contribution in [1.82, 2.24) is 4.31 Å². The molecule has 2 heterocycles. The lowest BCUT2D eigenvalue weighted by Gasteiger charge is -2.31. The Labute approximate surface area is 156 Å². The normalized spacial score (nSPS) is 16.3. The summed E-state index contributed by atoms with van der Waals surface area (Å²) in [5.74, 6) is 0.291. The van der Waals surface area contributed by atoms with Gasteiger partial charge in [0.2, 0.25) is 10.0 Å². The third-order valence-corrected chi connectivity index (χ3v) is 6.23. The highest BCUT2D eigenvalue weighted by Crippen LogP contribution is 2.30. The quantitative estimate of drug-likeness (QED) is 0.770. The first-order valence-corrected chi connectivity index (χ1v) is 9.86. The van der Waals surface area contributed by atoms with Crippen LogP contribution in [0.5, 0.6) is 11.5 Å². The van der Waals surface area contributed by atoms with Gasteiger partial charge in [-0.05, 0) is 38.0 Å². The van der Waals surface area contributed by atoms with Gasteiger partial charge in [-0.25, -0.2) is 17.6 Å². The molecule has 2 aromatic rings. The van der Waals surface area contributed by atoms with E-state index in [0.29, 0.717) is 24.4 Å². The molecule has 0 N–H and O–H groups in total. The molecule has 27 heavy (non-hydrogen) atoms.